The van der Waals surface area contributed by atoms with Gasteiger partial charge >= 0.3 is 0 Å². The Bertz CT molecular complexity index is 1410. The lowest BCUT2D eigenvalue weighted by atomic mass is 10.1. The average Bonchev–Trinajstić information content (AvgIpc) is 1.16. The average molecular weight is 1690 g/mol. The van der Waals surface area contributed by atoms with Crippen LogP contribution >= 0.6 is 0 Å². The van der Waals surface area contributed by atoms with Gasteiger partial charge in [0.05, 0.1) is 106 Å². The van der Waals surface area contributed by atoms with E-state index >= 15 is 0 Å². The molecule has 0 N–H and O–H groups in total. The predicted molar refractivity (Wildman–Crippen MR) is 472 cm³/mol. The first-order valence-electron chi connectivity index (χ1n) is 48.1. The molecule has 712 valence electrons. The molecule has 0 bridgehead atoms. The fourth-order valence-electron chi connectivity index (χ4n) is 11.0. The van der Waals surface area contributed by atoms with Crippen molar-refractivity contribution in [3.63, 3.8) is 0 Å². The summed E-state index contributed by atoms with van der Waals surface area (Å²) in [5.41, 5.74) is 0. The molecule has 0 amide bonds. The third-order valence-corrected chi connectivity index (χ3v) is 17.9. The van der Waals surface area contributed by atoms with Crippen LogP contribution in [0, 0.1) is 0 Å². The van der Waals surface area contributed by atoms with Gasteiger partial charge in [-0.05, 0) is 107 Å². The molecular weight excluding hydrogens is 1490 g/mol. The summed E-state index contributed by atoms with van der Waals surface area (Å²) in [6.07, 6.45) is 77.9. The van der Waals surface area contributed by atoms with Gasteiger partial charge < -0.3 is 0 Å². The summed E-state index contributed by atoms with van der Waals surface area (Å²) < 4.78 is 0. The van der Waals surface area contributed by atoms with Gasteiger partial charge in [-0.15, -0.1) is 0 Å². The van der Waals surface area contributed by atoms with Gasteiger partial charge in [-0.1, -0.05) is 430 Å². The molecule has 0 aromatic carbocycles. The molecule has 0 aromatic rings. The van der Waals surface area contributed by atoms with Gasteiger partial charge in [0.1, 0.15) is 0 Å². The quantitative estimate of drug-likeness (QED) is 0.0314. The highest BCUT2D eigenvalue weighted by Crippen LogP contribution is 2.17. The molecule has 0 saturated heterocycles. The van der Waals surface area contributed by atoms with Crippen molar-refractivity contribution in [3.8, 4) is 0 Å². The molecule has 0 saturated carbocycles. The van der Waals surface area contributed by atoms with Crippen LogP contribution in [0.3, 0.4) is 0 Å². The maximum Gasteiger partial charge on any atom is 0.0933 e. The Hall–Kier alpha value is -0.960. The lowest BCUT2D eigenvalue weighted by molar-refractivity contribution is -0.515. The van der Waals surface area contributed by atoms with Gasteiger partial charge in [0.2, 0.25) is 0 Å². The monoisotopic (exact) mass is 1690 g/mol. The number of unbranched alkanes of at least 4 members (excludes halogenated alkanes) is 49. The molecule has 0 heterocycles. The summed E-state index contributed by atoms with van der Waals surface area (Å²) in [5.74, 6) is 0. The van der Waals surface area contributed by atoms with Gasteiger partial charge in [0.25, 0.3) is 0 Å². The topological polar surface area (TPSA) is 222 Å². The Morgan fingerprint density at radius 1 is 0.147 bits per heavy atom. The summed E-state index contributed by atoms with van der Waals surface area (Å²) in [4.78, 5) is 74.5. The smallest absolute Gasteiger partial charge is 0.0933 e. The Kier molecular flexibility index (Phi) is 158. The van der Waals surface area contributed by atoms with Gasteiger partial charge in [-0.25, -0.2) is 78.2 Å². The molecule has 0 spiro atoms. The van der Waals surface area contributed by atoms with Gasteiger partial charge in [-0.3, -0.25) is 0 Å². The second-order valence-electron chi connectivity index (χ2n) is 29.6. The third kappa shape index (κ3) is 160. The highest BCUT2D eigenvalue weighted by molar-refractivity contribution is 4.55. The molecule has 3 unspecified atom stereocenters. The lowest BCUT2D eigenvalue weighted by Gasteiger charge is -2.09. The van der Waals surface area contributed by atoms with E-state index in [1.807, 2.05) is 55.4 Å². The molecule has 0 radical (unpaired) electrons. The van der Waals surface area contributed by atoms with E-state index in [1.165, 1.54) is 355 Å². The molecule has 0 aliphatic carbocycles. The van der Waals surface area contributed by atoms with Crippen molar-refractivity contribution in [3.05, 3.63) is 0 Å². The molecule has 0 fully saturated rings. The molecule has 3 atom stereocenters. The van der Waals surface area contributed by atoms with Crippen LogP contribution in [-0.4, -0.2) is 106 Å². The zero-order valence-corrected chi connectivity index (χ0v) is 80.0. The maximum atomic E-state index is 4.95. The molecule has 24 heteroatoms. The summed E-state index contributed by atoms with van der Waals surface area (Å²) in [5, 5.41) is 35.3. The normalized spacial score (nSPS) is 11.6. The van der Waals surface area contributed by atoms with Crippen molar-refractivity contribution in [1.82, 2.24) is 0 Å². The van der Waals surface area contributed by atoms with Crippen molar-refractivity contribution in [2.45, 2.75) is 514 Å². The van der Waals surface area contributed by atoms with Crippen molar-refractivity contribution < 1.29 is 119 Å². The van der Waals surface area contributed by atoms with E-state index in [2.05, 4.69) is 135 Å². The van der Waals surface area contributed by atoms with Crippen LogP contribution in [0.15, 0.2) is 0 Å². The summed E-state index contributed by atoms with van der Waals surface area (Å²) in [6.45, 7) is 38.9. The first-order chi connectivity index (χ1) is 57.0. The van der Waals surface area contributed by atoms with E-state index in [-0.39, 0.29) is 18.3 Å². The van der Waals surface area contributed by atoms with E-state index < -0.39 is 0 Å². The second kappa shape index (κ2) is 140. The van der Waals surface area contributed by atoms with Crippen LogP contribution in [0.5, 0.6) is 0 Å². The van der Waals surface area contributed by atoms with E-state index in [0.717, 1.165) is 51.4 Å². The highest BCUT2D eigenvalue weighted by atomic mass is 17.5. The van der Waals surface area contributed by atoms with E-state index in [4.69, 9.17) is 39.1 Å². The summed E-state index contributed by atoms with van der Waals surface area (Å²) in [6, 6.07) is 0. The van der Waals surface area contributed by atoms with Crippen molar-refractivity contribution >= 4 is 0 Å². The fraction of sp³-hybridized carbons (Fsp3) is 1.00. The Balaban J connectivity index is -0.000000192. The lowest BCUT2D eigenvalue weighted by Crippen LogP contribution is -2.08. The predicted octanol–water partition coefficient (Wildman–Crippen LogP) is 30.6. The van der Waals surface area contributed by atoms with E-state index in [9.17, 15) is 0 Å². The number of hydrogen-bond donors (Lipinski definition) is 0. The minimum atomic E-state index is 0.124. The van der Waals surface area contributed by atoms with Crippen molar-refractivity contribution in [2.24, 2.45) is 0 Å². The van der Waals surface area contributed by atoms with Crippen molar-refractivity contribution in [1.29, 1.82) is 0 Å². The first kappa shape index (κ1) is 131. The third-order valence-electron chi connectivity index (χ3n) is 17.9. The first-order valence-corrected chi connectivity index (χ1v) is 48.1. The molecule has 0 aliphatic rings. The van der Waals surface area contributed by atoms with Gasteiger partial charge in [0.15, 0.2) is 0 Å². The van der Waals surface area contributed by atoms with Crippen LogP contribution in [0.4, 0.5) is 0 Å². The minimum absolute atomic E-state index is 0.124. The largest absolute Gasteiger partial charge is 0.210 e. The fourth-order valence-corrected chi connectivity index (χ4v) is 11.0. The van der Waals surface area contributed by atoms with Gasteiger partial charge in [-0.2, -0.15) is 0 Å². The zero-order chi connectivity index (χ0) is 87.2. The molecule has 0 aromatic heterocycles. The Labute approximate surface area is 717 Å². The van der Waals surface area contributed by atoms with Gasteiger partial charge in [0, 0.05) is 0 Å². The Morgan fingerprint density at radius 3 is 0.414 bits per heavy atom. The standard InChI is InChI=1S/C15H32O3.C14H30O3.C13H28O3.C12H26O3.C11H24O3.C10H22O3.C9H20O3.C8H18O3/c1-4-5-6-7-8-9-10-11-12-13-14-15(2)17-18-16-3;1-4-5-6-7-8-9-10-11-12-13-14(2)16-17-15-3;1-4-5-6-7-8-9-10-11-12-13(2)15-16-14-3;1-3-5-6-7-8-9-10-11-12-14-15-13-4-2;1-3-5-6-7-8-9-10-11-13-14-12-4-2;1-3-5-6-7-8-9-10-12-13-11-4-2;1-3-5-6-7-8-9-11-12-10-4-2;1-3-5-6-7-8-10-11-9-4-2/h15H,4-14H2,1-3H3;14H,4-13H2,1-3H3;13H,4-12H2,1-3H3;3-12H2,1-2H3;3-11H2,1-2H3;3-10H2,1-2H3;3-9H2,1-2H3;3-8H2,1-2H3. The number of rotatable bonds is 89. The SMILES string of the molecule is CCCCCCCCCCC(C)OOOC.CCCCCCCCCCCC(C)OOOC.CCCCCCCCCCCCC(C)OOOC.CCCCCCCCCCOOOCC.CCCCCCCCCOOOCC.CCCCCCCCOOOCC.CCCCCCCOOOCC.CCCCCCOOOCC. The van der Waals surface area contributed by atoms with Crippen molar-refractivity contribution in [2.75, 3.05) is 87.4 Å². The van der Waals surface area contributed by atoms with Crippen LogP contribution in [0.25, 0.3) is 0 Å². The number of hydrogen-bond acceptors (Lipinski definition) is 24. The van der Waals surface area contributed by atoms with E-state index in [1.54, 1.807) is 0 Å². The minimum Gasteiger partial charge on any atom is -0.210 e. The maximum absolute atomic E-state index is 4.95. The summed E-state index contributed by atoms with van der Waals surface area (Å²) >= 11 is 0. The van der Waals surface area contributed by atoms with Crippen LogP contribution in [0.1, 0.15) is 496 Å². The zero-order valence-electron chi connectivity index (χ0n) is 80.0. The van der Waals surface area contributed by atoms with Crippen LogP contribution in [0.2, 0.25) is 0 Å². The van der Waals surface area contributed by atoms with E-state index in [0.29, 0.717) is 66.1 Å². The van der Waals surface area contributed by atoms with Crippen LogP contribution < -0.4 is 0 Å². The molecule has 0 rings (SSSR count). The molecular formula is C92H200O24. The summed E-state index contributed by atoms with van der Waals surface area (Å²) in [7, 11) is 4.35. The Morgan fingerprint density at radius 2 is 0.276 bits per heavy atom. The highest BCUT2D eigenvalue weighted by Gasteiger charge is 2.07. The second-order valence-corrected chi connectivity index (χ2v) is 29.6. The molecule has 0 aliphatic heterocycles. The van der Waals surface area contributed by atoms with Crippen LogP contribution in [-0.2, 0) is 119 Å². The molecule has 24 nitrogen and oxygen atoms in total. The molecule has 116 heavy (non-hydrogen) atoms.